The van der Waals surface area contributed by atoms with Crippen molar-refractivity contribution in [2.24, 2.45) is 5.10 Å². The van der Waals surface area contributed by atoms with Gasteiger partial charge in [0.05, 0.1) is 24.7 Å². The number of ether oxygens (including phenoxy) is 1. The number of rotatable bonds is 9. The van der Waals surface area contributed by atoms with Crippen LogP contribution in [0.4, 0.5) is 0 Å². The number of carboxylic acids is 1. The summed E-state index contributed by atoms with van der Waals surface area (Å²) in [4.78, 5) is 23.9. The molecule has 33 heavy (non-hydrogen) atoms. The van der Waals surface area contributed by atoms with E-state index in [0.29, 0.717) is 11.6 Å². The number of hydrogen-bond acceptors (Lipinski definition) is 5. The van der Waals surface area contributed by atoms with Gasteiger partial charge in [0.25, 0.3) is 0 Å². The number of carbonyl (C=O) groups is 2. The second-order valence-electron chi connectivity index (χ2n) is 6.64. The summed E-state index contributed by atoms with van der Waals surface area (Å²) in [6, 6.07) is 17.7. The van der Waals surface area contributed by atoms with Crippen molar-refractivity contribution in [2.45, 2.75) is 11.5 Å². The molecule has 0 fully saturated rings. The number of amides is 1. The Morgan fingerprint density at radius 2 is 1.70 bits per heavy atom. The fourth-order valence-corrected chi connectivity index (χ4v) is 5.53. The van der Waals surface area contributed by atoms with E-state index in [1.807, 2.05) is 24.3 Å². The van der Waals surface area contributed by atoms with E-state index in [1.54, 1.807) is 42.6 Å². The molecule has 0 saturated carbocycles. The minimum atomic E-state index is -0.958. The molecule has 0 spiro atoms. The Bertz CT molecular complexity index is 1150. The summed E-state index contributed by atoms with van der Waals surface area (Å²) >= 11 is 11.6. The maximum atomic E-state index is 12.0. The van der Waals surface area contributed by atoms with Gasteiger partial charge in [-0.15, -0.1) is 11.8 Å². The Hall–Kier alpha value is -1.83. The third-order valence-corrected chi connectivity index (χ3v) is 7.06. The molecule has 0 heterocycles. The van der Waals surface area contributed by atoms with E-state index in [1.165, 1.54) is 11.8 Å². The summed E-state index contributed by atoms with van der Waals surface area (Å²) in [6.45, 7) is 0.320. The van der Waals surface area contributed by atoms with Gasteiger partial charge in [-0.3, -0.25) is 4.79 Å². The normalized spacial score (nSPS) is 10.9. The highest BCUT2D eigenvalue weighted by Crippen LogP contribution is 2.29. The summed E-state index contributed by atoms with van der Waals surface area (Å²) in [5, 5.41) is 13.7. The van der Waals surface area contributed by atoms with Crippen LogP contribution in [0.2, 0.25) is 5.02 Å². The molecule has 0 saturated heterocycles. The van der Waals surface area contributed by atoms with Gasteiger partial charge in [0.15, 0.2) is 0 Å². The van der Waals surface area contributed by atoms with Crippen molar-refractivity contribution >= 4 is 86.6 Å². The van der Waals surface area contributed by atoms with Crippen LogP contribution in [0.15, 0.2) is 70.7 Å². The molecule has 3 aromatic rings. The number of carboxylic acid groups (broad SMARTS) is 1. The first kappa shape index (κ1) is 25.8. The number of hydrazone groups is 1. The van der Waals surface area contributed by atoms with Crippen molar-refractivity contribution in [3.63, 3.8) is 0 Å². The third-order valence-electron chi connectivity index (χ3n) is 4.19. The highest BCUT2D eigenvalue weighted by molar-refractivity contribution is 14.1. The quantitative estimate of drug-likeness (QED) is 0.122. The number of thioether (sulfide) groups is 1. The first-order valence-corrected chi connectivity index (χ1v) is 13.0. The van der Waals surface area contributed by atoms with E-state index in [9.17, 15) is 9.59 Å². The number of benzene rings is 3. The van der Waals surface area contributed by atoms with Crippen LogP contribution < -0.4 is 10.2 Å². The average molecular weight is 707 g/mol. The van der Waals surface area contributed by atoms with Crippen molar-refractivity contribution in [1.29, 1.82) is 0 Å². The van der Waals surface area contributed by atoms with Crippen LogP contribution in [0, 0.1) is 7.14 Å². The van der Waals surface area contributed by atoms with Crippen molar-refractivity contribution in [1.82, 2.24) is 5.43 Å². The lowest BCUT2D eigenvalue weighted by Crippen LogP contribution is -2.19. The fourth-order valence-electron chi connectivity index (χ4n) is 2.58. The van der Waals surface area contributed by atoms with Gasteiger partial charge in [-0.2, -0.15) is 5.10 Å². The van der Waals surface area contributed by atoms with Gasteiger partial charge in [-0.1, -0.05) is 23.7 Å². The van der Waals surface area contributed by atoms with Crippen LogP contribution in [0.25, 0.3) is 0 Å². The van der Waals surface area contributed by atoms with E-state index in [0.717, 1.165) is 28.9 Å². The third kappa shape index (κ3) is 8.16. The molecule has 0 unspecified atom stereocenters. The molecule has 3 rings (SSSR count). The molecule has 0 aromatic heterocycles. The molecule has 10 heteroatoms. The van der Waals surface area contributed by atoms with Gasteiger partial charge >= 0.3 is 5.97 Å². The van der Waals surface area contributed by atoms with Gasteiger partial charge in [0.1, 0.15) is 12.4 Å². The molecule has 6 nitrogen and oxygen atoms in total. The summed E-state index contributed by atoms with van der Waals surface area (Å²) < 4.78 is 7.74. The Labute approximate surface area is 227 Å². The number of nitrogens with one attached hydrogen (secondary N) is 1. The topological polar surface area (TPSA) is 88.0 Å². The zero-order valence-electron chi connectivity index (χ0n) is 16.9. The van der Waals surface area contributed by atoms with Gasteiger partial charge in [0.2, 0.25) is 5.91 Å². The molecule has 0 aliphatic rings. The van der Waals surface area contributed by atoms with Gasteiger partial charge in [-0.25, -0.2) is 10.2 Å². The molecule has 0 aliphatic carbocycles. The first-order valence-electron chi connectivity index (χ1n) is 9.46. The largest absolute Gasteiger partial charge is 0.487 e. The van der Waals surface area contributed by atoms with Crippen molar-refractivity contribution in [3.8, 4) is 5.75 Å². The Kier molecular flexibility index (Phi) is 9.83. The molecule has 3 aromatic carbocycles. The lowest BCUT2D eigenvalue weighted by molar-refractivity contribution is -0.118. The Morgan fingerprint density at radius 3 is 2.30 bits per heavy atom. The maximum Gasteiger partial charge on any atom is 0.335 e. The predicted molar refractivity (Wildman–Crippen MR) is 148 cm³/mol. The van der Waals surface area contributed by atoms with E-state index in [2.05, 4.69) is 55.7 Å². The Morgan fingerprint density at radius 1 is 1.06 bits per heavy atom. The van der Waals surface area contributed by atoms with Crippen molar-refractivity contribution in [3.05, 3.63) is 89.5 Å². The van der Waals surface area contributed by atoms with Gasteiger partial charge in [0, 0.05) is 9.92 Å². The summed E-state index contributed by atoms with van der Waals surface area (Å²) in [5.41, 5.74) is 4.47. The van der Waals surface area contributed by atoms with E-state index < -0.39 is 5.97 Å². The van der Waals surface area contributed by atoms with Crippen LogP contribution in [0.1, 0.15) is 21.5 Å². The van der Waals surface area contributed by atoms with Gasteiger partial charge in [-0.05, 0) is 105 Å². The smallest absolute Gasteiger partial charge is 0.335 e. The minimum Gasteiger partial charge on any atom is -0.487 e. The highest BCUT2D eigenvalue weighted by atomic mass is 127. The lowest BCUT2D eigenvalue weighted by Gasteiger charge is -2.11. The zero-order chi connectivity index (χ0) is 23.8. The number of hydrogen-bond donors (Lipinski definition) is 2. The number of aromatic carboxylic acids is 1. The van der Waals surface area contributed by atoms with Crippen LogP contribution >= 0.6 is 68.5 Å². The second kappa shape index (κ2) is 12.6. The van der Waals surface area contributed by atoms with Crippen LogP contribution in [-0.2, 0) is 11.4 Å². The van der Waals surface area contributed by atoms with Crippen LogP contribution in [-0.4, -0.2) is 29.0 Å². The highest BCUT2D eigenvalue weighted by Gasteiger charge is 2.10. The maximum absolute atomic E-state index is 12.0. The fraction of sp³-hybridized carbons (Fsp3) is 0.0870. The molecule has 0 aliphatic heterocycles. The van der Waals surface area contributed by atoms with E-state index >= 15 is 0 Å². The summed E-state index contributed by atoms with van der Waals surface area (Å²) in [6.07, 6.45) is 1.59. The van der Waals surface area contributed by atoms with E-state index in [4.69, 9.17) is 21.4 Å². The molecule has 1 amide bonds. The molecular weight excluding hydrogens is 690 g/mol. The monoisotopic (exact) mass is 706 g/mol. The molecule has 0 radical (unpaired) electrons. The van der Waals surface area contributed by atoms with Crippen molar-refractivity contribution in [2.75, 3.05) is 5.75 Å². The zero-order valence-corrected chi connectivity index (χ0v) is 22.8. The standard InChI is InChI=1S/C23H17ClI2N2O4S/c24-17-5-7-18(8-6-17)33-13-21(29)28-27-11-15-9-19(25)22(20(26)10-15)32-12-14-1-3-16(4-2-14)23(30)31/h1-11H,12-13H2,(H,28,29)(H,30,31)/b27-11-. The first-order chi connectivity index (χ1) is 15.8. The van der Waals surface area contributed by atoms with Gasteiger partial charge < -0.3 is 9.84 Å². The summed E-state index contributed by atoms with van der Waals surface area (Å²) in [5.74, 6) is -0.183. The number of halogens is 3. The molecule has 170 valence electrons. The average Bonchev–Trinajstić information content (AvgIpc) is 2.78. The minimum absolute atomic E-state index is 0.204. The summed E-state index contributed by atoms with van der Waals surface area (Å²) in [7, 11) is 0. The molecule has 0 bridgehead atoms. The lowest BCUT2D eigenvalue weighted by atomic mass is 10.1. The Balaban J connectivity index is 1.53. The van der Waals surface area contributed by atoms with Crippen LogP contribution in [0.3, 0.4) is 0 Å². The molecule has 0 atom stereocenters. The predicted octanol–water partition coefficient (Wildman–Crippen LogP) is 6.07. The number of carbonyl (C=O) groups excluding carboxylic acids is 1. The second-order valence-corrected chi connectivity index (χ2v) is 10.4. The van der Waals surface area contributed by atoms with Crippen molar-refractivity contribution < 1.29 is 19.4 Å². The molecule has 2 N–H and O–H groups in total. The SMILES string of the molecule is O=C(CSc1ccc(Cl)cc1)N/N=C\c1cc(I)c(OCc2ccc(C(=O)O)cc2)c(I)c1. The van der Waals surface area contributed by atoms with Crippen LogP contribution in [0.5, 0.6) is 5.75 Å². The number of nitrogens with zero attached hydrogens (tertiary/aromatic N) is 1. The molecular formula is C23H17ClI2N2O4S. The van der Waals surface area contributed by atoms with E-state index in [-0.39, 0.29) is 17.2 Å².